The van der Waals surface area contributed by atoms with Gasteiger partial charge in [0.25, 0.3) is 0 Å². The second kappa shape index (κ2) is 9.62. The van der Waals surface area contributed by atoms with Crippen LogP contribution in [0.25, 0.3) is 0 Å². The minimum Gasteiger partial charge on any atom is -0.497 e. The highest BCUT2D eigenvalue weighted by molar-refractivity contribution is 5.93. The third-order valence-corrected chi connectivity index (χ3v) is 4.41. The maximum Gasteiger partial charge on any atom is 0.226 e. The largest absolute Gasteiger partial charge is 0.497 e. The van der Waals surface area contributed by atoms with E-state index in [4.69, 9.17) is 9.47 Å². The predicted molar refractivity (Wildman–Crippen MR) is 105 cm³/mol. The van der Waals surface area contributed by atoms with E-state index in [-0.39, 0.29) is 24.3 Å². The molecule has 0 saturated heterocycles. The molecule has 1 unspecified atom stereocenters. The molecular formula is C21H26N2O4. The molecule has 0 fully saturated rings. The van der Waals surface area contributed by atoms with Crippen LogP contribution in [0.15, 0.2) is 48.5 Å². The van der Waals surface area contributed by atoms with Gasteiger partial charge in [0.15, 0.2) is 0 Å². The minimum atomic E-state index is -0.201. The topological polar surface area (TPSA) is 67.9 Å². The molecule has 0 aliphatic carbocycles. The van der Waals surface area contributed by atoms with Crippen molar-refractivity contribution < 1.29 is 19.1 Å². The van der Waals surface area contributed by atoms with Gasteiger partial charge in [-0.05, 0) is 24.6 Å². The number of ether oxygens (including phenoxy) is 2. The number of carbonyl (C=O) groups is 2. The molecule has 0 aliphatic rings. The van der Waals surface area contributed by atoms with Crippen LogP contribution >= 0.6 is 0 Å². The van der Waals surface area contributed by atoms with Gasteiger partial charge >= 0.3 is 0 Å². The summed E-state index contributed by atoms with van der Waals surface area (Å²) in [6.07, 6.45) is 0.178. The Morgan fingerprint density at radius 2 is 1.78 bits per heavy atom. The molecule has 2 rings (SSSR count). The third kappa shape index (κ3) is 5.48. The zero-order valence-corrected chi connectivity index (χ0v) is 16.2. The molecule has 0 saturated carbocycles. The fourth-order valence-corrected chi connectivity index (χ4v) is 2.88. The van der Waals surface area contributed by atoms with Gasteiger partial charge in [-0.2, -0.15) is 0 Å². The van der Waals surface area contributed by atoms with Crippen LogP contribution in [0.3, 0.4) is 0 Å². The van der Waals surface area contributed by atoms with Crippen molar-refractivity contribution in [2.75, 3.05) is 26.1 Å². The zero-order chi connectivity index (χ0) is 19.8. The predicted octanol–water partition coefficient (Wildman–Crippen LogP) is 3.64. The normalized spacial score (nSPS) is 11.4. The number of hydrogen-bond acceptors (Lipinski definition) is 4. The van der Waals surface area contributed by atoms with Gasteiger partial charge in [0, 0.05) is 26.0 Å². The summed E-state index contributed by atoms with van der Waals surface area (Å²) in [4.78, 5) is 26.2. The Labute approximate surface area is 160 Å². The van der Waals surface area contributed by atoms with Crippen molar-refractivity contribution in [3.05, 3.63) is 54.1 Å². The van der Waals surface area contributed by atoms with Gasteiger partial charge in [-0.25, -0.2) is 0 Å². The highest BCUT2D eigenvalue weighted by Crippen LogP contribution is 2.29. The Morgan fingerprint density at radius 3 is 2.37 bits per heavy atom. The molecule has 0 bridgehead atoms. The Kier molecular flexibility index (Phi) is 7.23. The minimum absolute atomic E-state index is 0.0712. The van der Waals surface area contributed by atoms with Crippen molar-refractivity contribution in [1.29, 1.82) is 0 Å². The lowest BCUT2D eigenvalue weighted by molar-refractivity contribution is -0.131. The summed E-state index contributed by atoms with van der Waals surface area (Å²) in [5, 5.41) is 2.83. The van der Waals surface area contributed by atoms with Crippen molar-refractivity contribution in [3.63, 3.8) is 0 Å². The van der Waals surface area contributed by atoms with Crippen LogP contribution in [-0.4, -0.2) is 37.5 Å². The number of nitrogens with zero attached hydrogens (tertiary/aromatic N) is 1. The average molecular weight is 370 g/mol. The molecule has 0 aliphatic heterocycles. The molecule has 1 atom stereocenters. The molecule has 2 aromatic rings. The second-order valence-corrected chi connectivity index (χ2v) is 6.16. The van der Waals surface area contributed by atoms with E-state index in [2.05, 4.69) is 5.32 Å². The van der Waals surface area contributed by atoms with Crippen LogP contribution in [-0.2, 0) is 9.59 Å². The number of anilines is 1. The third-order valence-electron chi connectivity index (χ3n) is 4.41. The number of methoxy groups -OCH3 is 2. The summed E-state index contributed by atoms with van der Waals surface area (Å²) >= 11 is 0. The fourth-order valence-electron chi connectivity index (χ4n) is 2.88. The van der Waals surface area contributed by atoms with E-state index < -0.39 is 0 Å². The number of hydrogen-bond donors (Lipinski definition) is 1. The van der Waals surface area contributed by atoms with Crippen LogP contribution in [0.1, 0.15) is 31.9 Å². The van der Waals surface area contributed by atoms with E-state index in [1.54, 1.807) is 30.2 Å². The number of nitrogens with one attached hydrogen (secondary N) is 1. The first-order valence-corrected chi connectivity index (χ1v) is 8.80. The van der Waals surface area contributed by atoms with Crippen LogP contribution in [0, 0.1) is 0 Å². The molecule has 0 aromatic heterocycles. The average Bonchev–Trinajstić information content (AvgIpc) is 2.68. The first-order chi connectivity index (χ1) is 13.0. The fraction of sp³-hybridized carbons (Fsp3) is 0.333. The SMILES string of the molecule is COc1ccc(OC)c(NC(=O)CCN(C(C)=O)C(C)c2ccccc2)c1. The van der Waals surface area contributed by atoms with Crippen molar-refractivity contribution in [3.8, 4) is 11.5 Å². The zero-order valence-electron chi connectivity index (χ0n) is 16.2. The highest BCUT2D eigenvalue weighted by atomic mass is 16.5. The molecule has 6 heteroatoms. The lowest BCUT2D eigenvalue weighted by Crippen LogP contribution is -2.34. The van der Waals surface area contributed by atoms with E-state index in [1.807, 2.05) is 37.3 Å². The van der Waals surface area contributed by atoms with Crippen molar-refractivity contribution in [2.45, 2.75) is 26.3 Å². The number of benzene rings is 2. The molecule has 1 N–H and O–H groups in total. The molecule has 6 nitrogen and oxygen atoms in total. The summed E-state index contributed by atoms with van der Waals surface area (Å²) in [6, 6.07) is 14.8. The van der Waals surface area contributed by atoms with Gasteiger partial charge in [0.05, 0.1) is 25.9 Å². The molecule has 0 radical (unpaired) electrons. The maximum atomic E-state index is 12.4. The molecule has 144 valence electrons. The van der Waals surface area contributed by atoms with Gasteiger partial charge < -0.3 is 19.7 Å². The van der Waals surface area contributed by atoms with E-state index >= 15 is 0 Å². The molecular weight excluding hydrogens is 344 g/mol. The monoisotopic (exact) mass is 370 g/mol. The van der Waals surface area contributed by atoms with Crippen molar-refractivity contribution >= 4 is 17.5 Å². The van der Waals surface area contributed by atoms with Crippen molar-refractivity contribution in [1.82, 2.24) is 4.90 Å². The van der Waals surface area contributed by atoms with Crippen LogP contribution in [0.5, 0.6) is 11.5 Å². The first kappa shape index (κ1) is 20.3. The Morgan fingerprint density at radius 1 is 1.07 bits per heavy atom. The van der Waals surface area contributed by atoms with Gasteiger partial charge in [0.1, 0.15) is 11.5 Å². The second-order valence-electron chi connectivity index (χ2n) is 6.16. The molecule has 2 amide bonds. The number of amides is 2. The van der Waals surface area contributed by atoms with E-state index in [0.717, 1.165) is 5.56 Å². The smallest absolute Gasteiger partial charge is 0.226 e. The molecule has 0 spiro atoms. The number of carbonyl (C=O) groups excluding carboxylic acids is 2. The molecule has 2 aromatic carbocycles. The lowest BCUT2D eigenvalue weighted by Gasteiger charge is -2.28. The van der Waals surface area contributed by atoms with E-state index in [9.17, 15) is 9.59 Å². The lowest BCUT2D eigenvalue weighted by atomic mass is 10.1. The quantitative estimate of drug-likeness (QED) is 0.770. The Bertz CT molecular complexity index is 777. The summed E-state index contributed by atoms with van der Waals surface area (Å²) in [6.45, 7) is 3.80. The van der Waals surface area contributed by atoms with Gasteiger partial charge in [-0.15, -0.1) is 0 Å². The standard InChI is InChI=1S/C21H26N2O4/c1-15(17-8-6-5-7-9-17)23(16(2)24)13-12-21(25)22-19-14-18(26-3)10-11-20(19)27-4/h5-11,14-15H,12-13H2,1-4H3,(H,22,25). The summed E-state index contributed by atoms with van der Waals surface area (Å²) in [5.74, 6) is 0.894. The highest BCUT2D eigenvalue weighted by Gasteiger charge is 2.19. The summed E-state index contributed by atoms with van der Waals surface area (Å²) in [7, 11) is 3.10. The van der Waals surface area contributed by atoms with Crippen LogP contribution in [0.2, 0.25) is 0 Å². The maximum absolute atomic E-state index is 12.4. The van der Waals surface area contributed by atoms with Crippen LogP contribution < -0.4 is 14.8 Å². The van der Waals surface area contributed by atoms with E-state index in [1.165, 1.54) is 14.0 Å². The summed E-state index contributed by atoms with van der Waals surface area (Å²) < 4.78 is 10.5. The number of rotatable bonds is 8. The van der Waals surface area contributed by atoms with Crippen molar-refractivity contribution in [2.24, 2.45) is 0 Å². The van der Waals surface area contributed by atoms with Gasteiger partial charge in [0.2, 0.25) is 11.8 Å². The summed E-state index contributed by atoms with van der Waals surface area (Å²) in [5.41, 5.74) is 1.56. The first-order valence-electron chi connectivity index (χ1n) is 8.80. The molecule has 0 heterocycles. The van der Waals surface area contributed by atoms with Gasteiger partial charge in [-0.1, -0.05) is 30.3 Å². The Hall–Kier alpha value is -3.02. The van der Waals surface area contributed by atoms with Crippen LogP contribution in [0.4, 0.5) is 5.69 Å². The van der Waals surface area contributed by atoms with E-state index in [0.29, 0.717) is 23.7 Å². The molecule has 27 heavy (non-hydrogen) atoms. The Balaban J connectivity index is 2.03. The van der Waals surface area contributed by atoms with Gasteiger partial charge in [-0.3, -0.25) is 9.59 Å².